The molecule has 5 aromatic rings. The van der Waals surface area contributed by atoms with Crippen molar-refractivity contribution in [1.82, 2.24) is 14.5 Å². The standard InChI is InChI=1S/C26H17ClFN5O/c27-22-17(9-6-10-19(22)28)26(34)32-24-18(15-29)23-25(31-21-12-5-4-11-20(21)30-23)33(24)14-13-16-7-2-1-3-8-16/h1-12H,13-14H2,(H,32,34). The third-order valence-electron chi connectivity index (χ3n) is 5.56. The number of aryl methyl sites for hydroxylation is 2. The number of fused-ring (bicyclic) bond motifs is 2. The van der Waals surface area contributed by atoms with Gasteiger partial charge in [0, 0.05) is 6.54 Å². The lowest BCUT2D eigenvalue weighted by molar-refractivity contribution is 0.102. The molecule has 0 spiro atoms. The van der Waals surface area contributed by atoms with Gasteiger partial charge in [0.2, 0.25) is 0 Å². The van der Waals surface area contributed by atoms with Crippen LogP contribution in [0.3, 0.4) is 0 Å². The molecule has 0 atom stereocenters. The van der Waals surface area contributed by atoms with Crippen molar-refractivity contribution in [2.24, 2.45) is 0 Å². The number of aromatic nitrogens is 3. The first kappa shape index (κ1) is 21.6. The van der Waals surface area contributed by atoms with Crippen molar-refractivity contribution in [3.05, 3.63) is 100 Å². The molecule has 0 saturated carbocycles. The summed E-state index contributed by atoms with van der Waals surface area (Å²) in [5.74, 6) is -1.09. The van der Waals surface area contributed by atoms with E-state index in [4.69, 9.17) is 16.6 Å². The highest BCUT2D eigenvalue weighted by molar-refractivity contribution is 6.34. The number of nitrogens with one attached hydrogen (secondary N) is 1. The third-order valence-corrected chi connectivity index (χ3v) is 5.94. The number of hydrogen-bond donors (Lipinski definition) is 1. The first-order valence-corrected chi connectivity index (χ1v) is 10.9. The van der Waals surface area contributed by atoms with Crippen LogP contribution in [0.5, 0.6) is 0 Å². The molecule has 0 aliphatic carbocycles. The monoisotopic (exact) mass is 469 g/mol. The topological polar surface area (TPSA) is 83.6 Å². The van der Waals surface area contributed by atoms with Gasteiger partial charge in [-0.25, -0.2) is 14.4 Å². The fourth-order valence-corrected chi connectivity index (χ4v) is 4.10. The summed E-state index contributed by atoms with van der Waals surface area (Å²) in [6, 6.07) is 23.4. The third kappa shape index (κ3) is 3.85. The number of carbonyl (C=O) groups excluding carboxylic acids is 1. The van der Waals surface area contributed by atoms with Crippen molar-refractivity contribution >= 4 is 45.5 Å². The molecule has 34 heavy (non-hydrogen) atoms. The average Bonchev–Trinajstić information content (AvgIpc) is 3.14. The van der Waals surface area contributed by atoms with E-state index in [2.05, 4.69) is 16.4 Å². The maximum absolute atomic E-state index is 13.9. The number of hydrogen-bond acceptors (Lipinski definition) is 4. The van der Waals surface area contributed by atoms with Crippen molar-refractivity contribution in [1.29, 1.82) is 5.26 Å². The number of carbonyl (C=O) groups is 1. The molecule has 2 heterocycles. The highest BCUT2D eigenvalue weighted by Crippen LogP contribution is 2.31. The molecule has 0 aliphatic heterocycles. The molecule has 166 valence electrons. The van der Waals surface area contributed by atoms with Crippen molar-refractivity contribution < 1.29 is 9.18 Å². The van der Waals surface area contributed by atoms with Crippen LogP contribution in [0.15, 0.2) is 72.8 Å². The largest absolute Gasteiger partial charge is 0.309 e. The van der Waals surface area contributed by atoms with E-state index in [0.717, 1.165) is 5.56 Å². The molecule has 8 heteroatoms. The van der Waals surface area contributed by atoms with E-state index in [9.17, 15) is 14.4 Å². The van der Waals surface area contributed by atoms with Crippen LogP contribution in [0, 0.1) is 17.1 Å². The Hall–Kier alpha value is -4.28. The number of rotatable bonds is 5. The first-order chi connectivity index (χ1) is 16.6. The second kappa shape index (κ2) is 8.93. The molecule has 1 amide bonds. The fourth-order valence-electron chi connectivity index (χ4n) is 3.89. The van der Waals surface area contributed by atoms with Crippen molar-refractivity contribution in [3.63, 3.8) is 0 Å². The van der Waals surface area contributed by atoms with Gasteiger partial charge in [0.05, 0.1) is 21.6 Å². The quantitative estimate of drug-likeness (QED) is 0.355. The van der Waals surface area contributed by atoms with Crippen LogP contribution in [0.25, 0.3) is 22.2 Å². The molecule has 0 unspecified atom stereocenters. The summed E-state index contributed by atoms with van der Waals surface area (Å²) in [6.45, 7) is 0.432. The summed E-state index contributed by atoms with van der Waals surface area (Å²) in [5, 5.41) is 12.5. The van der Waals surface area contributed by atoms with Gasteiger partial charge in [-0.15, -0.1) is 0 Å². The van der Waals surface area contributed by atoms with E-state index < -0.39 is 11.7 Å². The SMILES string of the molecule is N#Cc1c(NC(=O)c2cccc(F)c2Cl)n(CCc2ccccc2)c2nc3ccccc3nc12. The Bertz CT molecular complexity index is 1590. The Morgan fingerprint density at radius 2 is 1.71 bits per heavy atom. The average molecular weight is 470 g/mol. The van der Waals surface area contributed by atoms with E-state index in [-0.39, 0.29) is 22.0 Å². The van der Waals surface area contributed by atoms with E-state index in [0.29, 0.717) is 35.2 Å². The molecule has 0 radical (unpaired) electrons. The maximum Gasteiger partial charge on any atom is 0.258 e. The van der Waals surface area contributed by atoms with Crippen LogP contribution in [-0.4, -0.2) is 20.4 Å². The Morgan fingerprint density at radius 3 is 2.44 bits per heavy atom. The Morgan fingerprint density at radius 1 is 1.00 bits per heavy atom. The summed E-state index contributed by atoms with van der Waals surface area (Å²) in [4.78, 5) is 22.5. The van der Waals surface area contributed by atoms with Crippen LogP contribution < -0.4 is 5.32 Å². The minimum absolute atomic E-state index is 0.0310. The minimum atomic E-state index is -0.700. The molecule has 2 aromatic heterocycles. The van der Waals surface area contributed by atoms with E-state index >= 15 is 0 Å². The predicted octanol–water partition coefficient (Wildman–Crippen LogP) is 5.74. The van der Waals surface area contributed by atoms with Crippen LogP contribution in [0.2, 0.25) is 5.02 Å². The molecule has 6 nitrogen and oxygen atoms in total. The molecule has 5 rings (SSSR count). The van der Waals surface area contributed by atoms with Crippen LogP contribution >= 0.6 is 11.6 Å². The molecule has 1 N–H and O–H groups in total. The summed E-state index contributed by atoms with van der Waals surface area (Å²) in [6.07, 6.45) is 0.633. The smallest absolute Gasteiger partial charge is 0.258 e. The molecular weight excluding hydrogens is 453 g/mol. The number of halogens is 2. The minimum Gasteiger partial charge on any atom is -0.309 e. The van der Waals surface area contributed by atoms with E-state index in [1.54, 1.807) is 4.57 Å². The first-order valence-electron chi connectivity index (χ1n) is 10.5. The van der Waals surface area contributed by atoms with Gasteiger partial charge in [0.15, 0.2) is 5.65 Å². The number of para-hydroxylation sites is 2. The summed E-state index contributed by atoms with van der Waals surface area (Å²) in [7, 11) is 0. The molecule has 3 aromatic carbocycles. The van der Waals surface area contributed by atoms with Gasteiger partial charge in [-0.3, -0.25) is 4.79 Å². The number of anilines is 1. The normalized spacial score (nSPS) is 11.0. The van der Waals surface area contributed by atoms with Crippen molar-refractivity contribution in [2.45, 2.75) is 13.0 Å². The second-order valence-corrected chi connectivity index (χ2v) is 8.04. The van der Waals surface area contributed by atoms with Gasteiger partial charge in [0.1, 0.15) is 28.8 Å². The zero-order valence-electron chi connectivity index (χ0n) is 17.8. The summed E-state index contributed by atoms with van der Waals surface area (Å²) >= 11 is 6.03. The number of amides is 1. The number of benzene rings is 3. The molecule has 0 saturated heterocycles. The Labute approximate surface area is 199 Å². The van der Waals surface area contributed by atoms with Gasteiger partial charge in [-0.05, 0) is 36.2 Å². The predicted molar refractivity (Wildman–Crippen MR) is 129 cm³/mol. The Kier molecular flexibility index (Phi) is 5.66. The van der Waals surface area contributed by atoms with Crippen LogP contribution in [0.1, 0.15) is 21.5 Å². The van der Waals surface area contributed by atoms with Crippen LogP contribution in [-0.2, 0) is 13.0 Å². The van der Waals surface area contributed by atoms with Crippen molar-refractivity contribution in [2.75, 3.05) is 5.32 Å². The van der Waals surface area contributed by atoms with Crippen molar-refractivity contribution in [3.8, 4) is 6.07 Å². The number of nitriles is 1. The van der Waals surface area contributed by atoms with Gasteiger partial charge >= 0.3 is 0 Å². The molecule has 0 fully saturated rings. The van der Waals surface area contributed by atoms with Crippen LogP contribution in [0.4, 0.5) is 10.2 Å². The van der Waals surface area contributed by atoms with Gasteiger partial charge < -0.3 is 9.88 Å². The summed E-state index contributed by atoms with van der Waals surface area (Å²) in [5.41, 5.74) is 3.41. The fraction of sp³-hybridized carbons (Fsp3) is 0.0769. The summed E-state index contributed by atoms with van der Waals surface area (Å²) < 4.78 is 15.7. The second-order valence-electron chi connectivity index (χ2n) is 7.66. The zero-order chi connectivity index (χ0) is 23.7. The Balaban J connectivity index is 1.66. The lowest BCUT2D eigenvalue weighted by Crippen LogP contribution is -2.17. The molecule has 0 aliphatic rings. The van der Waals surface area contributed by atoms with Gasteiger partial charge in [-0.2, -0.15) is 5.26 Å². The van der Waals surface area contributed by atoms with E-state index in [1.165, 1.54) is 18.2 Å². The van der Waals surface area contributed by atoms with Gasteiger partial charge in [0.25, 0.3) is 5.91 Å². The van der Waals surface area contributed by atoms with E-state index in [1.807, 2.05) is 54.6 Å². The lowest BCUT2D eigenvalue weighted by atomic mass is 10.1. The highest BCUT2D eigenvalue weighted by Gasteiger charge is 2.24. The maximum atomic E-state index is 13.9. The zero-order valence-corrected chi connectivity index (χ0v) is 18.6. The molecular formula is C26H17ClFN5O. The molecule has 0 bridgehead atoms. The van der Waals surface area contributed by atoms with Gasteiger partial charge in [-0.1, -0.05) is 60.1 Å². The highest BCUT2D eigenvalue weighted by atomic mass is 35.5. The number of nitrogens with zero attached hydrogens (tertiary/aromatic N) is 4. The lowest BCUT2D eigenvalue weighted by Gasteiger charge is -2.12.